The maximum Gasteiger partial charge on any atom is 0.243 e. The van der Waals surface area contributed by atoms with Crippen molar-refractivity contribution in [2.45, 2.75) is 30.3 Å². The Bertz CT molecular complexity index is 530. The van der Waals surface area contributed by atoms with Gasteiger partial charge in [-0.05, 0) is 44.0 Å². The summed E-state index contributed by atoms with van der Waals surface area (Å²) in [4.78, 5) is 0.244. The highest BCUT2D eigenvalue weighted by Crippen LogP contribution is 2.26. The number of sulfonamides is 1. The molecule has 1 aromatic rings. The Labute approximate surface area is 113 Å². The van der Waals surface area contributed by atoms with Gasteiger partial charge in [-0.15, -0.1) is 0 Å². The number of nitrogens with two attached hydrogens (primary N) is 1. The molecule has 1 saturated heterocycles. The Morgan fingerprint density at radius 2 is 1.79 bits per heavy atom. The standard InChI is InChI=1S/C12H19N3O3S/c1-12(16)6-8-15(9-7-12)19(17,18)11-4-2-10(14-13)3-5-11/h2-5,14,16H,6-9,13H2,1H3. The van der Waals surface area contributed by atoms with Gasteiger partial charge in [-0.1, -0.05) is 0 Å². The minimum Gasteiger partial charge on any atom is -0.390 e. The molecule has 6 nitrogen and oxygen atoms in total. The van der Waals surface area contributed by atoms with E-state index in [1.54, 1.807) is 19.1 Å². The van der Waals surface area contributed by atoms with Crippen molar-refractivity contribution in [2.24, 2.45) is 5.84 Å². The lowest BCUT2D eigenvalue weighted by atomic mass is 9.95. The van der Waals surface area contributed by atoms with Gasteiger partial charge in [-0.2, -0.15) is 4.31 Å². The Balaban J connectivity index is 2.18. The molecule has 1 aliphatic heterocycles. The van der Waals surface area contributed by atoms with E-state index in [0.717, 1.165) is 0 Å². The molecular formula is C12H19N3O3S. The molecular weight excluding hydrogens is 266 g/mol. The van der Waals surface area contributed by atoms with E-state index in [9.17, 15) is 13.5 Å². The zero-order valence-corrected chi connectivity index (χ0v) is 11.7. The second kappa shape index (κ2) is 5.09. The molecule has 0 amide bonds. The summed E-state index contributed by atoms with van der Waals surface area (Å²) in [6.07, 6.45) is 0.906. The Hall–Kier alpha value is -1.15. The summed E-state index contributed by atoms with van der Waals surface area (Å²) in [6.45, 7) is 2.41. The van der Waals surface area contributed by atoms with Crippen LogP contribution < -0.4 is 11.3 Å². The van der Waals surface area contributed by atoms with E-state index in [1.165, 1.54) is 16.4 Å². The highest BCUT2D eigenvalue weighted by molar-refractivity contribution is 7.89. The quantitative estimate of drug-likeness (QED) is 0.555. The molecule has 0 bridgehead atoms. The van der Waals surface area contributed by atoms with E-state index in [0.29, 0.717) is 31.6 Å². The van der Waals surface area contributed by atoms with Gasteiger partial charge < -0.3 is 10.5 Å². The number of anilines is 1. The molecule has 0 spiro atoms. The van der Waals surface area contributed by atoms with Crippen LogP contribution in [-0.2, 0) is 10.0 Å². The van der Waals surface area contributed by atoms with Crippen molar-refractivity contribution >= 4 is 15.7 Å². The first-order chi connectivity index (χ1) is 8.85. The van der Waals surface area contributed by atoms with Crippen LogP contribution >= 0.6 is 0 Å². The second-order valence-corrected chi connectivity index (χ2v) is 7.01. The fourth-order valence-electron chi connectivity index (χ4n) is 2.08. The van der Waals surface area contributed by atoms with Crippen LogP contribution in [0, 0.1) is 0 Å². The highest BCUT2D eigenvalue weighted by atomic mass is 32.2. The number of hydrogen-bond donors (Lipinski definition) is 3. The van der Waals surface area contributed by atoms with Crippen molar-refractivity contribution < 1.29 is 13.5 Å². The van der Waals surface area contributed by atoms with E-state index in [-0.39, 0.29) is 4.90 Å². The van der Waals surface area contributed by atoms with E-state index >= 15 is 0 Å². The molecule has 0 radical (unpaired) electrons. The first-order valence-electron chi connectivity index (χ1n) is 6.14. The first-order valence-corrected chi connectivity index (χ1v) is 7.58. The molecule has 19 heavy (non-hydrogen) atoms. The van der Waals surface area contributed by atoms with Crippen molar-refractivity contribution in [3.8, 4) is 0 Å². The number of aliphatic hydroxyl groups is 1. The van der Waals surface area contributed by atoms with Crippen LogP contribution in [-0.4, -0.2) is 36.5 Å². The number of nitrogen functional groups attached to an aromatic ring is 1. The van der Waals surface area contributed by atoms with Crippen molar-refractivity contribution in [1.82, 2.24) is 4.31 Å². The number of hydrazine groups is 1. The number of benzene rings is 1. The minimum atomic E-state index is -3.48. The van der Waals surface area contributed by atoms with Crippen molar-refractivity contribution in [2.75, 3.05) is 18.5 Å². The first kappa shape index (κ1) is 14.3. The topological polar surface area (TPSA) is 95.7 Å². The summed E-state index contributed by atoms with van der Waals surface area (Å²) < 4.78 is 26.2. The molecule has 0 atom stereocenters. The molecule has 1 aliphatic rings. The molecule has 2 rings (SSSR count). The highest BCUT2D eigenvalue weighted by Gasteiger charge is 2.33. The normalized spacial score (nSPS) is 20.2. The molecule has 1 fully saturated rings. The Kier molecular flexibility index (Phi) is 3.82. The van der Waals surface area contributed by atoms with Gasteiger partial charge in [0.15, 0.2) is 0 Å². The number of nitrogens with one attached hydrogen (secondary N) is 1. The van der Waals surface area contributed by atoms with Crippen LogP contribution in [0.4, 0.5) is 5.69 Å². The van der Waals surface area contributed by atoms with E-state index in [2.05, 4.69) is 5.43 Å². The van der Waals surface area contributed by atoms with Gasteiger partial charge in [0, 0.05) is 18.8 Å². The zero-order chi connectivity index (χ0) is 14.1. The SMILES string of the molecule is CC1(O)CCN(S(=O)(=O)c2ccc(NN)cc2)CC1. The summed E-state index contributed by atoms with van der Waals surface area (Å²) in [5.74, 6) is 5.24. The van der Waals surface area contributed by atoms with E-state index in [4.69, 9.17) is 5.84 Å². The molecule has 0 unspecified atom stereocenters. The van der Waals surface area contributed by atoms with Gasteiger partial charge in [0.05, 0.1) is 10.5 Å². The van der Waals surface area contributed by atoms with E-state index < -0.39 is 15.6 Å². The lowest BCUT2D eigenvalue weighted by Crippen LogP contribution is -2.45. The van der Waals surface area contributed by atoms with Crippen LogP contribution in [0.1, 0.15) is 19.8 Å². The third kappa shape index (κ3) is 3.06. The monoisotopic (exact) mass is 285 g/mol. The van der Waals surface area contributed by atoms with Crippen molar-refractivity contribution in [1.29, 1.82) is 0 Å². The third-order valence-electron chi connectivity index (χ3n) is 3.46. The molecule has 0 aliphatic carbocycles. The van der Waals surface area contributed by atoms with Crippen molar-refractivity contribution in [3.63, 3.8) is 0 Å². The molecule has 0 aromatic heterocycles. The number of nitrogens with zero attached hydrogens (tertiary/aromatic N) is 1. The summed E-state index contributed by atoms with van der Waals surface area (Å²) in [6, 6.07) is 6.29. The zero-order valence-electron chi connectivity index (χ0n) is 10.8. The molecule has 106 valence electrons. The average molecular weight is 285 g/mol. The summed E-state index contributed by atoms with van der Waals surface area (Å²) in [5, 5.41) is 9.85. The molecule has 0 saturated carbocycles. The largest absolute Gasteiger partial charge is 0.390 e. The van der Waals surface area contributed by atoms with Gasteiger partial charge >= 0.3 is 0 Å². The number of hydrogen-bond acceptors (Lipinski definition) is 5. The van der Waals surface area contributed by atoms with Gasteiger partial charge in [-0.25, -0.2) is 8.42 Å². The fourth-order valence-corrected chi connectivity index (χ4v) is 3.52. The smallest absolute Gasteiger partial charge is 0.243 e. The van der Waals surface area contributed by atoms with Crippen LogP contribution in [0.2, 0.25) is 0 Å². The molecule has 1 heterocycles. The maximum absolute atomic E-state index is 12.4. The fraction of sp³-hybridized carbons (Fsp3) is 0.500. The summed E-state index contributed by atoms with van der Waals surface area (Å²) >= 11 is 0. The summed E-state index contributed by atoms with van der Waals surface area (Å²) in [5.41, 5.74) is 2.34. The Morgan fingerprint density at radius 3 is 2.26 bits per heavy atom. The molecule has 7 heteroatoms. The number of rotatable bonds is 3. The summed E-state index contributed by atoms with van der Waals surface area (Å²) in [7, 11) is -3.48. The van der Waals surface area contributed by atoms with Gasteiger partial charge in [0.1, 0.15) is 0 Å². The molecule has 1 aromatic carbocycles. The van der Waals surface area contributed by atoms with E-state index in [1.807, 2.05) is 0 Å². The van der Waals surface area contributed by atoms with Crippen LogP contribution in [0.25, 0.3) is 0 Å². The second-order valence-electron chi connectivity index (χ2n) is 5.07. The average Bonchev–Trinajstić information content (AvgIpc) is 2.38. The third-order valence-corrected chi connectivity index (χ3v) is 5.37. The predicted molar refractivity (Wildman–Crippen MR) is 72.9 cm³/mol. The van der Waals surface area contributed by atoms with Crippen molar-refractivity contribution in [3.05, 3.63) is 24.3 Å². The van der Waals surface area contributed by atoms with Gasteiger partial charge in [0.2, 0.25) is 10.0 Å². The van der Waals surface area contributed by atoms with Crippen LogP contribution in [0.3, 0.4) is 0 Å². The predicted octanol–water partition coefficient (Wildman–Crippen LogP) is 0.508. The maximum atomic E-state index is 12.4. The Morgan fingerprint density at radius 1 is 1.26 bits per heavy atom. The number of piperidine rings is 1. The van der Waals surface area contributed by atoms with Gasteiger partial charge in [0.25, 0.3) is 0 Å². The van der Waals surface area contributed by atoms with Gasteiger partial charge in [-0.3, -0.25) is 5.84 Å². The van der Waals surface area contributed by atoms with Crippen LogP contribution in [0.5, 0.6) is 0 Å². The molecule has 4 N–H and O–H groups in total. The lowest BCUT2D eigenvalue weighted by molar-refractivity contribution is 0.0126. The minimum absolute atomic E-state index is 0.244. The van der Waals surface area contributed by atoms with Crippen LogP contribution in [0.15, 0.2) is 29.2 Å². The lowest BCUT2D eigenvalue weighted by Gasteiger charge is -2.34.